The number of aromatic nitrogens is 1. The number of methoxy groups -OCH3 is 1. The van der Waals surface area contributed by atoms with E-state index >= 15 is 0 Å². The number of rotatable bonds is 4. The second-order valence-electron chi connectivity index (χ2n) is 6.72. The molecule has 0 aliphatic carbocycles. The third kappa shape index (κ3) is 3.50. The van der Waals surface area contributed by atoms with Gasteiger partial charge in [0.15, 0.2) is 0 Å². The van der Waals surface area contributed by atoms with Gasteiger partial charge < -0.3 is 9.64 Å². The number of carbonyl (C=O) groups excluding carboxylic acids is 1. The van der Waals surface area contributed by atoms with Gasteiger partial charge in [-0.05, 0) is 42.7 Å². The van der Waals surface area contributed by atoms with Crippen LogP contribution in [0.5, 0.6) is 0 Å². The van der Waals surface area contributed by atoms with Crippen LogP contribution in [0.4, 0.5) is 0 Å². The van der Waals surface area contributed by atoms with Crippen molar-refractivity contribution in [3.05, 3.63) is 64.7 Å². The highest BCUT2D eigenvalue weighted by molar-refractivity contribution is 7.18. The zero-order valence-electron chi connectivity index (χ0n) is 14.9. The van der Waals surface area contributed by atoms with Gasteiger partial charge in [0.25, 0.3) is 5.91 Å². The van der Waals surface area contributed by atoms with Gasteiger partial charge in [-0.25, -0.2) is 4.98 Å². The fourth-order valence-electron chi connectivity index (χ4n) is 3.54. The molecule has 0 atom stereocenters. The van der Waals surface area contributed by atoms with Crippen LogP contribution in [-0.2, 0) is 11.3 Å². The average molecular weight is 366 g/mol. The van der Waals surface area contributed by atoms with E-state index in [2.05, 4.69) is 18.2 Å². The van der Waals surface area contributed by atoms with E-state index in [1.807, 2.05) is 35.2 Å². The largest absolute Gasteiger partial charge is 0.380 e. The van der Waals surface area contributed by atoms with Crippen LogP contribution in [0.1, 0.15) is 39.7 Å². The van der Waals surface area contributed by atoms with Crippen molar-refractivity contribution in [2.24, 2.45) is 0 Å². The van der Waals surface area contributed by atoms with Crippen molar-refractivity contribution in [1.82, 2.24) is 9.88 Å². The lowest BCUT2D eigenvalue weighted by Crippen LogP contribution is -2.37. The Morgan fingerprint density at radius 3 is 2.77 bits per heavy atom. The highest BCUT2D eigenvalue weighted by Crippen LogP contribution is 2.34. The maximum atomic E-state index is 12.8. The monoisotopic (exact) mass is 366 g/mol. The maximum Gasteiger partial charge on any atom is 0.253 e. The summed E-state index contributed by atoms with van der Waals surface area (Å²) in [4.78, 5) is 19.6. The molecule has 1 aliphatic rings. The summed E-state index contributed by atoms with van der Waals surface area (Å²) in [5, 5.41) is 1.21. The molecule has 4 rings (SSSR count). The summed E-state index contributed by atoms with van der Waals surface area (Å²) in [6.07, 6.45) is 1.95. The topological polar surface area (TPSA) is 42.4 Å². The Morgan fingerprint density at radius 1 is 1.19 bits per heavy atom. The van der Waals surface area contributed by atoms with E-state index in [4.69, 9.17) is 9.72 Å². The minimum atomic E-state index is 0.116. The average Bonchev–Trinajstić information content (AvgIpc) is 3.12. The highest BCUT2D eigenvalue weighted by Gasteiger charge is 2.26. The fraction of sp³-hybridized carbons (Fsp3) is 0.333. The predicted octanol–water partition coefficient (Wildman–Crippen LogP) is 4.46. The molecule has 134 valence electrons. The predicted molar refractivity (Wildman–Crippen MR) is 105 cm³/mol. The SMILES string of the molecule is COCc1cccc(C(=O)N2CCC(c3nc4ccccc4s3)CC2)c1. The number of likely N-dealkylation sites (tertiary alicyclic amines) is 1. The minimum absolute atomic E-state index is 0.116. The van der Waals surface area contributed by atoms with Gasteiger partial charge in [-0.2, -0.15) is 0 Å². The van der Waals surface area contributed by atoms with Crippen molar-refractivity contribution in [2.45, 2.75) is 25.4 Å². The number of carbonyl (C=O) groups is 1. The third-order valence-electron chi connectivity index (χ3n) is 4.93. The van der Waals surface area contributed by atoms with Gasteiger partial charge in [0.05, 0.1) is 21.8 Å². The van der Waals surface area contributed by atoms with E-state index in [0.29, 0.717) is 12.5 Å². The third-order valence-corrected chi connectivity index (χ3v) is 6.13. The second-order valence-corrected chi connectivity index (χ2v) is 7.78. The number of ether oxygens (including phenoxy) is 1. The van der Waals surface area contributed by atoms with Crippen LogP contribution in [0.2, 0.25) is 0 Å². The van der Waals surface area contributed by atoms with Gasteiger partial charge in [-0.15, -0.1) is 11.3 Å². The molecule has 2 heterocycles. The lowest BCUT2D eigenvalue weighted by atomic mass is 9.97. The number of hydrogen-bond acceptors (Lipinski definition) is 4. The summed E-state index contributed by atoms with van der Waals surface area (Å²) in [6, 6.07) is 16.0. The van der Waals surface area contributed by atoms with Crippen LogP contribution in [0.15, 0.2) is 48.5 Å². The molecular formula is C21H22N2O2S. The molecule has 1 aliphatic heterocycles. The van der Waals surface area contributed by atoms with E-state index in [0.717, 1.165) is 42.6 Å². The van der Waals surface area contributed by atoms with Crippen LogP contribution in [-0.4, -0.2) is 36.0 Å². The summed E-state index contributed by atoms with van der Waals surface area (Å²) in [5.74, 6) is 0.571. The summed E-state index contributed by atoms with van der Waals surface area (Å²) in [6.45, 7) is 2.10. The van der Waals surface area contributed by atoms with E-state index < -0.39 is 0 Å². The Labute approximate surface area is 157 Å². The van der Waals surface area contributed by atoms with Gasteiger partial charge >= 0.3 is 0 Å². The number of amides is 1. The molecule has 1 aromatic heterocycles. The Bertz CT molecular complexity index is 880. The first-order chi connectivity index (χ1) is 12.7. The molecule has 2 aromatic carbocycles. The van der Waals surface area contributed by atoms with Gasteiger partial charge in [-0.1, -0.05) is 24.3 Å². The highest BCUT2D eigenvalue weighted by atomic mass is 32.1. The van der Waals surface area contributed by atoms with E-state index in [-0.39, 0.29) is 5.91 Å². The molecule has 5 heteroatoms. The Morgan fingerprint density at radius 2 is 2.00 bits per heavy atom. The number of nitrogens with zero attached hydrogens (tertiary/aromatic N) is 2. The number of fused-ring (bicyclic) bond motifs is 1. The Balaban J connectivity index is 1.43. The van der Waals surface area contributed by atoms with Gasteiger partial charge in [0.2, 0.25) is 0 Å². The van der Waals surface area contributed by atoms with Crippen LogP contribution >= 0.6 is 11.3 Å². The molecule has 1 saturated heterocycles. The molecule has 0 radical (unpaired) electrons. The summed E-state index contributed by atoms with van der Waals surface area (Å²) < 4.78 is 6.41. The number of para-hydroxylation sites is 1. The summed E-state index contributed by atoms with van der Waals surface area (Å²) >= 11 is 1.79. The van der Waals surface area contributed by atoms with Crippen molar-refractivity contribution in [3.8, 4) is 0 Å². The summed E-state index contributed by atoms with van der Waals surface area (Å²) in [7, 11) is 1.67. The number of benzene rings is 2. The molecule has 0 N–H and O–H groups in total. The Kier molecular flexibility index (Phi) is 5.00. The fourth-order valence-corrected chi connectivity index (χ4v) is 4.67. The molecule has 1 amide bonds. The molecule has 1 fully saturated rings. The first-order valence-electron chi connectivity index (χ1n) is 8.97. The number of piperidine rings is 1. The smallest absolute Gasteiger partial charge is 0.253 e. The van der Waals surface area contributed by atoms with Gasteiger partial charge in [-0.3, -0.25) is 4.79 Å². The summed E-state index contributed by atoms with van der Waals surface area (Å²) in [5.41, 5.74) is 2.86. The quantitative estimate of drug-likeness (QED) is 0.684. The van der Waals surface area contributed by atoms with Gasteiger partial charge in [0.1, 0.15) is 0 Å². The molecule has 4 nitrogen and oxygen atoms in total. The van der Waals surface area contributed by atoms with Crippen molar-refractivity contribution in [3.63, 3.8) is 0 Å². The van der Waals surface area contributed by atoms with Crippen molar-refractivity contribution in [2.75, 3.05) is 20.2 Å². The molecule has 26 heavy (non-hydrogen) atoms. The van der Waals surface area contributed by atoms with Gasteiger partial charge in [0, 0.05) is 31.7 Å². The van der Waals surface area contributed by atoms with Crippen molar-refractivity contribution in [1.29, 1.82) is 0 Å². The molecule has 3 aromatic rings. The van der Waals surface area contributed by atoms with E-state index in [9.17, 15) is 4.79 Å². The maximum absolute atomic E-state index is 12.8. The zero-order valence-corrected chi connectivity index (χ0v) is 15.7. The standard InChI is InChI=1S/C21H22N2O2S/c1-25-14-15-5-4-6-17(13-15)21(24)23-11-9-16(10-12-23)20-22-18-7-2-3-8-19(18)26-20/h2-8,13,16H,9-12,14H2,1H3. The molecule has 0 saturated carbocycles. The zero-order chi connectivity index (χ0) is 17.9. The van der Waals surface area contributed by atoms with Crippen molar-refractivity contribution >= 4 is 27.5 Å². The first kappa shape index (κ1) is 17.2. The molecular weight excluding hydrogens is 344 g/mol. The van der Waals surface area contributed by atoms with E-state index in [1.54, 1.807) is 18.4 Å². The van der Waals surface area contributed by atoms with Crippen LogP contribution < -0.4 is 0 Å². The van der Waals surface area contributed by atoms with Crippen LogP contribution in [0.25, 0.3) is 10.2 Å². The lowest BCUT2D eigenvalue weighted by Gasteiger charge is -2.31. The Hall–Kier alpha value is -2.24. The van der Waals surface area contributed by atoms with Crippen LogP contribution in [0, 0.1) is 0 Å². The molecule has 0 bridgehead atoms. The van der Waals surface area contributed by atoms with Crippen molar-refractivity contribution < 1.29 is 9.53 Å². The second kappa shape index (κ2) is 7.56. The van der Waals surface area contributed by atoms with E-state index in [1.165, 1.54) is 9.71 Å². The minimum Gasteiger partial charge on any atom is -0.380 e. The molecule has 0 spiro atoms. The molecule has 0 unspecified atom stereocenters. The number of thiazole rings is 1. The van der Waals surface area contributed by atoms with Crippen LogP contribution in [0.3, 0.4) is 0 Å². The normalized spacial score (nSPS) is 15.5. The first-order valence-corrected chi connectivity index (χ1v) is 9.79. The lowest BCUT2D eigenvalue weighted by molar-refractivity contribution is 0.0712. The number of hydrogen-bond donors (Lipinski definition) is 0.